The van der Waals surface area contributed by atoms with Crippen LogP contribution in [0.1, 0.15) is 18.3 Å². The Hall–Kier alpha value is -2.00. The maximum absolute atomic E-state index is 9.90. The van der Waals surface area contributed by atoms with E-state index in [9.17, 15) is 5.11 Å². The Morgan fingerprint density at radius 1 is 1.15 bits per heavy atom. The van der Waals surface area contributed by atoms with Gasteiger partial charge in [0, 0.05) is 18.5 Å². The minimum absolute atomic E-state index is 0.299. The van der Waals surface area contributed by atoms with Gasteiger partial charge in [0.25, 0.3) is 0 Å². The zero-order valence-corrected chi connectivity index (χ0v) is 11.9. The topological polar surface area (TPSA) is 38.0 Å². The van der Waals surface area contributed by atoms with Crippen molar-refractivity contribution in [2.24, 2.45) is 0 Å². The summed E-state index contributed by atoms with van der Waals surface area (Å²) in [6.45, 7) is 2.86. The molecular weight excluding hydrogens is 272 g/mol. The minimum atomic E-state index is 0.299. The fourth-order valence-corrected chi connectivity index (χ4v) is 2.77. The number of hydrogen-bond donors (Lipinski definition) is 1. The van der Waals surface area contributed by atoms with Crippen LogP contribution < -0.4 is 0 Å². The summed E-state index contributed by atoms with van der Waals surface area (Å²) in [4.78, 5) is 4.65. The number of rotatable bonds is 3. The molecule has 0 aliphatic heterocycles. The van der Waals surface area contributed by atoms with Crippen molar-refractivity contribution in [2.75, 3.05) is 0 Å². The number of phenols is 1. The van der Waals surface area contributed by atoms with Crippen LogP contribution in [0, 0.1) is 0 Å². The van der Waals surface area contributed by atoms with Crippen LogP contribution in [0.25, 0.3) is 11.0 Å². The maximum atomic E-state index is 9.90. The SMILES string of the molecule is CCn1c(Cc2ccccc2O)nc2cccc(Cl)c21. The normalized spacial score (nSPS) is 11.1. The second-order valence-electron chi connectivity index (χ2n) is 4.69. The molecule has 3 aromatic rings. The van der Waals surface area contributed by atoms with Crippen molar-refractivity contribution in [3.8, 4) is 5.75 Å². The first-order valence-electron chi connectivity index (χ1n) is 6.61. The van der Waals surface area contributed by atoms with E-state index in [-0.39, 0.29) is 0 Å². The zero-order chi connectivity index (χ0) is 14.1. The molecule has 4 heteroatoms. The molecule has 0 saturated carbocycles. The summed E-state index contributed by atoms with van der Waals surface area (Å²) < 4.78 is 2.10. The van der Waals surface area contributed by atoms with Crippen molar-refractivity contribution in [3.05, 3.63) is 58.9 Å². The van der Waals surface area contributed by atoms with E-state index < -0.39 is 0 Å². The summed E-state index contributed by atoms with van der Waals surface area (Å²) in [6.07, 6.45) is 0.589. The van der Waals surface area contributed by atoms with E-state index in [1.54, 1.807) is 6.07 Å². The Morgan fingerprint density at radius 3 is 2.70 bits per heavy atom. The lowest BCUT2D eigenvalue weighted by Crippen LogP contribution is -2.03. The summed E-state index contributed by atoms with van der Waals surface area (Å²) >= 11 is 6.28. The molecule has 2 aromatic carbocycles. The third kappa shape index (κ3) is 2.14. The number of nitrogens with zero attached hydrogens (tertiary/aromatic N) is 2. The molecule has 0 aliphatic rings. The van der Waals surface area contributed by atoms with Crippen LogP contribution in [0.2, 0.25) is 5.02 Å². The number of hydrogen-bond acceptors (Lipinski definition) is 2. The van der Waals surface area contributed by atoms with Crippen molar-refractivity contribution in [1.29, 1.82) is 0 Å². The fraction of sp³-hybridized carbons (Fsp3) is 0.188. The molecular formula is C16H15ClN2O. The average Bonchev–Trinajstić information content (AvgIpc) is 2.80. The van der Waals surface area contributed by atoms with Crippen LogP contribution in [-0.2, 0) is 13.0 Å². The van der Waals surface area contributed by atoms with E-state index in [0.29, 0.717) is 17.2 Å². The van der Waals surface area contributed by atoms with Crippen LogP contribution >= 0.6 is 11.6 Å². The lowest BCUT2D eigenvalue weighted by atomic mass is 10.1. The fourth-order valence-electron chi connectivity index (χ4n) is 2.50. The van der Waals surface area contributed by atoms with Gasteiger partial charge in [-0.05, 0) is 25.1 Å². The van der Waals surface area contributed by atoms with Crippen molar-refractivity contribution in [1.82, 2.24) is 9.55 Å². The third-order valence-electron chi connectivity index (χ3n) is 3.45. The molecule has 0 saturated heterocycles. The first-order chi connectivity index (χ1) is 9.70. The number of benzene rings is 2. The van der Waals surface area contributed by atoms with E-state index >= 15 is 0 Å². The monoisotopic (exact) mass is 286 g/mol. The van der Waals surface area contributed by atoms with Crippen LogP contribution in [0.5, 0.6) is 5.75 Å². The summed E-state index contributed by atoms with van der Waals surface area (Å²) in [5, 5.41) is 10.6. The molecule has 3 nitrogen and oxygen atoms in total. The van der Waals surface area contributed by atoms with E-state index in [0.717, 1.165) is 29.0 Å². The van der Waals surface area contributed by atoms with Gasteiger partial charge in [0.1, 0.15) is 11.6 Å². The van der Waals surface area contributed by atoms with Gasteiger partial charge in [0.15, 0.2) is 0 Å². The second kappa shape index (κ2) is 5.17. The van der Waals surface area contributed by atoms with Gasteiger partial charge in [-0.15, -0.1) is 0 Å². The van der Waals surface area contributed by atoms with Gasteiger partial charge in [-0.1, -0.05) is 35.9 Å². The third-order valence-corrected chi connectivity index (χ3v) is 3.76. The number of fused-ring (bicyclic) bond motifs is 1. The molecule has 0 amide bonds. The van der Waals surface area contributed by atoms with Gasteiger partial charge in [-0.25, -0.2) is 4.98 Å². The standard InChI is InChI=1S/C16H15ClN2O/c1-2-19-15(10-11-6-3-4-9-14(11)20)18-13-8-5-7-12(17)16(13)19/h3-9,20H,2,10H2,1H3. The van der Waals surface area contributed by atoms with Gasteiger partial charge in [0.2, 0.25) is 0 Å². The molecule has 0 spiro atoms. The Labute approximate surface area is 122 Å². The zero-order valence-electron chi connectivity index (χ0n) is 11.2. The number of aromatic nitrogens is 2. The smallest absolute Gasteiger partial charge is 0.119 e. The van der Waals surface area contributed by atoms with Crippen molar-refractivity contribution in [3.63, 3.8) is 0 Å². The molecule has 1 heterocycles. The Kier molecular flexibility index (Phi) is 3.36. The maximum Gasteiger partial charge on any atom is 0.119 e. The predicted molar refractivity (Wildman–Crippen MR) is 81.3 cm³/mol. The molecule has 20 heavy (non-hydrogen) atoms. The highest BCUT2D eigenvalue weighted by molar-refractivity contribution is 6.35. The minimum Gasteiger partial charge on any atom is -0.508 e. The van der Waals surface area contributed by atoms with Crippen LogP contribution in [-0.4, -0.2) is 14.7 Å². The van der Waals surface area contributed by atoms with Gasteiger partial charge >= 0.3 is 0 Å². The number of para-hydroxylation sites is 2. The summed E-state index contributed by atoms with van der Waals surface area (Å²) in [7, 11) is 0. The number of aryl methyl sites for hydroxylation is 1. The molecule has 0 atom stereocenters. The van der Waals surface area contributed by atoms with Crippen molar-refractivity contribution in [2.45, 2.75) is 19.9 Å². The molecule has 3 rings (SSSR count). The summed E-state index contributed by atoms with van der Waals surface area (Å²) in [6, 6.07) is 13.1. The predicted octanol–water partition coefficient (Wildman–Crippen LogP) is 4.01. The van der Waals surface area contributed by atoms with Gasteiger partial charge in [-0.2, -0.15) is 0 Å². The Morgan fingerprint density at radius 2 is 1.95 bits per heavy atom. The highest BCUT2D eigenvalue weighted by Gasteiger charge is 2.13. The second-order valence-corrected chi connectivity index (χ2v) is 5.09. The highest BCUT2D eigenvalue weighted by atomic mass is 35.5. The van der Waals surface area contributed by atoms with Crippen molar-refractivity contribution < 1.29 is 5.11 Å². The molecule has 0 bridgehead atoms. The highest BCUT2D eigenvalue weighted by Crippen LogP contribution is 2.27. The van der Waals surface area contributed by atoms with Gasteiger partial charge in [-0.3, -0.25) is 0 Å². The quantitative estimate of drug-likeness (QED) is 0.790. The lowest BCUT2D eigenvalue weighted by Gasteiger charge is -2.08. The molecule has 0 aliphatic carbocycles. The molecule has 0 radical (unpaired) electrons. The first-order valence-corrected chi connectivity index (χ1v) is 6.99. The molecule has 1 N–H and O–H groups in total. The van der Waals surface area contributed by atoms with E-state index in [4.69, 9.17) is 11.6 Å². The van der Waals surface area contributed by atoms with Crippen molar-refractivity contribution >= 4 is 22.6 Å². The van der Waals surface area contributed by atoms with Crippen LogP contribution in [0.15, 0.2) is 42.5 Å². The summed E-state index contributed by atoms with van der Waals surface area (Å²) in [5.41, 5.74) is 2.72. The molecule has 0 fully saturated rings. The van der Waals surface area contributed by atoms with E-state index in [2.05, 4.69) is 16.5 Å². The van der Waals surface area contributed by atoms with Gasteiger partial charge < -0.3 is 9.67 Å². The summed E-state index contributed by atoms with van der Waals surface area (Å²) in [5.74, 6) is 1.21. The molecule has 0 unspecified atom stereocenters. The average molecular weight is 287 g/mol. The first kappa shape index (κ1) is 13.0. The largest absolute Gasteiger partial charge is 0.508 e. The van der Waals surface area contributed by atoms with Gasteiger partial charge in [0.05, 0.1) is 16.1 Å². The van der Waals surface area contributed by atoms with Crippen LogP contribution in [0.4, 0.5) is 0 Å². The van der Waals surface area contributed by atoms with E-state index in [1.165, 1.54) is 0 Å². The Bertz CT molecular complexity index is 764. The molecule has 102 valence electrons. The number of aromatic hydroxyl groups is 1. The van der Waals surface area contributed by atoms with Crippen LogP contribution in [0.3, 0.4) is 0 Å². The molecule has 1 aromatic heterocycles. The number of halogens is 1. The Balaban J connectivity index is 2.12. The lowest BCUT2D eigenvalue weighted by molar-refractivity contribution is 0.468. The van der Waals surface area contributed by atoms with E-state index in [1.807, 2.05) is 36.4 Å². The number of phenolic OH excluding ortho intramolecular Hbond substituents is 1. The number of imidazole rings is 1.